The normalized spacial score (nSPS) is 23.4. The van der Waals surface area contributed by atoms with Crippen molar-refractivity contribution in [3.05, 3.63) is 29.8 Å². The molecule has 1 aliphatic carbocycles. The van der Waals surface area contributed by atoms with E-state index in [1.807, 2.05) is 0 Å². The van der Waals surface area contributed by atoms with Crippen LogP contribution in [0.5, 0.6) is 5.75 Å². The molecule has 0 radical (unpaired) electrons. The molecule has 0 bridgehead atoms. The minimum atomic E-state index is -0.0179. The lowest BCUT2D eigenvalue weighted by Crippen LogP contribution is -2.37. The molecular weight excluding hydrogens is 250 g/mol. The fraction of sp³-hybridized carbons (Fsp3) is 0.500. The van der Waals surface area contributed by atoms with E-state index in [0.29, 0.717) is 5.56 Å². The van der Waals surface area contributed by atoms with Gasteiger partial charge in [-0.2, -0.15) is 0 Å². The lowest BCUT2D eigenvalue weighted by Gasteiger charge is -2.25. The van der Waals surface area contributed by atoms with Gasteiger partial charge in [-0.1, -0.05) is 0 Å². The monoisotopic (exact) mass is 267 g/mol. The van der Waals surface area contributed by atoms with Crippen LogP contribution in [0.4, 0.5) is 0 Å². The first-order chi connectivity index (χ1) is 8.69. The van der Waals surface area contributed by atoms with Crippen molar-refractivity contribution in [2.75, 3.05) is 7.11 Å². The maximum Gasteiger partial charge on any atom is 0.251 e. The molecule has 0 aromatic heterocycles. The number of rotatable bonds is 3. The van der Waals surface area contributed by atoms with Crippen LogP contribution in [-0.4, -0.2) is 24.4 Å². The van der Waals surface area contributed by atoms with E-state index in [-0.39, 0.29) is 17.3 Å². The number of alkyl halides is 1. The highest BCUT2D eigenvalue weighted by atomic mass is 35.5. The summed E-state index contributed by atoms with van der Waals surface area (Å²) >= 11 is 6.04. The molecule has 1 aromatic rings. The van der Waals surface area contributed by atoms with Crippen LogP contribution in [0.3, 0.4) is 0 Å². The highest BCUT2D eigenvalue weighted by molar-refractivity contribution is 6.20. The Morgan fingerprint density at radius 2 is 1.83 bits per heavy atom. The Morgan fingerprint density at radius 1 is 1.22 bits per heavy atom. The second-order valence-electron chi connectivity index (χ2n) is 4.65. The quantitative estimate of drug-likeness (QED) is 0.855. The van der Waals surface area contributed by atoms with Gasteiger partial charge in [0.25, 0.3) is 5.91 Å². The molecule has 0 unspecified atom stereocenters. The molecule has 1 N–H and O–H groups in total. The van der Waals surface area contributed by atoms with Crippen molar-refractivity contribution in [1.82, 2.24) is 5.32 Å². The smallest absolute Gasteiger partial charge is 0.251 e. The van der Waals surface area contributed by atoms with Crippen LogP contribution in [-0.2, 0) is 0 Å². The topological polar surface area (TPSA) is 38.3 Å². The highest BCUT2D eigenvalue weighted by Gasteiger charge is 2.21. The summed E-state index contributed by atoms with van der Waals surface area (Å²) in [6.07, 6.45) is 3.90. The molecule has 0 spiro atoms. The Bertz CT molecular complexity index is 397. The lowest BCUT2D eigenvalue weighted by molar-refractivity contribution is 0.0928. The number of amides is 1. The molecule has 0 aliphatic heterocycles. The van der Waals surface area contributed by atoms with Crippen molar-refractivity contribution < 1.29 is 9.53 Å². The predicted molar refractivity (Wildman–Crippen MR) is 72.4 cm³/mol. The van der Waals surface area contributed by atoms with Crippen LogP contribution in [0, 0.1) is 0 Å². The van der Waals surface area contributed by atoms with E-state index >= 15 is 0 Å². The number of methoxy groups -OCH3 is 1. The van der Waals surface area contributed by atoms with Gasteiger partial charge in [-0.15, -0.1) is 11.6 Å². The summed E-state index contributed by atoms with van der Waals surface area (Å²) in [5.74, 6) is 0.741. The number of hydrogen-bond donors (Lipinski definition) is 1. The first-order valence-corrected chi connectivity index (χ1v) is 6.71. The molecule has 1 aliphatic rings. The Kier molecular flexibility index (Phi) is 4.48. The van der Waals surface area contributed by atoms with Gasteiger partial charge in [0.1, 0.15) is 5.75 Å². The third kappa shape index (κ3) is 3.39. The molecule has 1 aromatic carbocycles. The molecular formula is C14H18ClNO2. The molecule has 1 fully saturated rings. The summed E-state index contributed by atoms with van der Waals surface area (Å²) in [5, 5.41) is 3.33. The molecule has 0 atom stereocenters. The number of halogens is 1. The van der Waals surface area contributed by atoms with Gasteiger partial charge in [-0.3, -0.25) is 4.79 Å². The third-order valence-corrected chi connectivity index (χ3v) is 3.78. The van der Waals surface area contributed by atoms with Crippen molar-refractivity contribution in [1.29, 1.82) is 0 Å². The molecule has 4 heteroatoms. The fourth-order valence-corrected chi connectivity index (χ4v) is 2.46. The van der Waals surface area contributed by atoms with Crippen molar-refractivity contribution in [2.24, 2.45) is 0 Å². The molecule has 1 saturated carbocycles. The average molecular weight is 268 g/mol. The molecule has 98 valence electrons. The van der Waals surface area contributed by atoms with Crippen molar-refractivity contribution in [3.8, 4) is 5.75 Å². The van der Waals surface area contributed by atoms with Crippen molar-refractivity contribution in [2.45, 2.75) is 37.1 Å². The maximum absolute atomic E-state index is 12.0. The number of carbonyl (C=O) groups is 1. The minimum absolute atomic E-state index is 0.0179. The molecule has 2 rings (SSSR count). The molecule has 0 heterocycles. The summed E-state index contributed by atoms with van der Waals surface area (Å²) in [6.45, 7) is 0. The molecule has 3 nitrogen and oxygen atoms in total. The fourth-order valence-electron chi connectivity index (χ4n) is 2.21. The summed E-state index contributed by atoms with van der Waals surface area (Å²) in [6, 6.07) is 7.41. The minimum Gasteiger partial charge on any atom is -0.497 e. The maximum atomic E-state index is 12.0. The van der Waals surface area contributed by atoms with E-state index in [9.17, 15) is 4.79 Å². The Balaban J connectivity index is 1.90. The second kappa shape index (κ2) is 6.10. The summed E-state index contributed by atoms with van der Waals surface area (Å²) < 4.78 is 5.06. The van der Waals surface area contributed by atoms with Gasteiger partial charge in [0, 0.05) is 17.0 Å². The Hall–Kier alpha value is -1.22. The van der Waals surface area contributed by atoms with Gasteiger partial charge in [-0.05, 0) is 49.9 Å². The van der Waals surface area contributed by atoms with Gasteiger partial charge in [-0.25, -0.2) is 0 Å². The van der Waals surface area contributed by atoms with E-state index < -0.39 is 0 Å². The van der Waals surface area contributed by atoms with Crippen LogP contribution in [0.1, 0.15) is 36.0 Å². The number of ether oxygens (including phenoxy) is 1. The lowest BCUT2D eigenvalue weighted by atomic mass is 9.95. The van der Waals surface area contributed by atoms with E-state index in [0.717, 1.165) is 31.4 Å². The van der Waals surface area contributed by atoms with Gasteiger partial charge in [0.15, 0.2) is 0 Å². The number of hydrogen-bond acceptors (Lipinski definition) is 2. The van der Waals surface area contributed by atoms with Crippen molar-refractivity contribution >= 4 is 17.5 Å². The molecule has 18 heavy (non-hydrogen) atoms. The number of carbonyl (C=O) groups excluding carboxylic acids is 1. The second-order valence-corrected chi connectivity index (χ2v) is 5.27. The van der Waals surface area contributed by atoms with Crippen LogP contribution in [0.25, 0.3) is 0 Å². The zero-order valence-electron chi connectivity index (χ0n) is 10.5. The standard InChI is InChI=1S/C14H18ClNO2/c1-18-13-8-2-10(3-9-13)14(17)16-12-6-4-11(15)5-7-12/h2-3,8-9,11-12H,4-7H2,1H3,(H,16,17). The zero-order valence-corrected chi connectivity index (χ0v) is 11.2. The average Bonchev–Trinajstić information content (AvgIpc) is 2.41. The summed E-state index contributed by atoms with van der Waals surface area (Å²) in [7, 11) is 1.61. The SMILES string of the molecule is COc1ccc(C(=O)NC2CCC(Cl)CC2)cc1. The van der Waals surface area contributed by atoms with Crippen LogP contribution < -0.4 is 10.1 Å². The van der Waals surface area contributed by atoms with Gasteiger partial charge < -0.3 is 10.1 Å². The summed E-state index contributed by atoms with van der Waals surface area (Å²) in [5.41, 5.74) is 0.670. The predicted octanol–water partition coefficient (Wildman–Crippen LogP) is 2.98. The first-order valence-electron chi connectivity index (χ1n) is 6.28. The van der Waals surface area contributed by atoms with E-state index in [2.05, 4.69) is 5.32 Å². The largest absolute Gasteiger partial charge is 0.497 e. The Labute approximate surface area is 112 Å². The first kappa shape index (κ1) is 13.2. The number of benzene rings is 1. The van der Waals surface area contributed by atoms with Crippen LogP contribution in [0.2, 0.25) is 0 Å². The van der Waals surface area contributed by atoms with E-state index in [1.165, 1.54) is 0 Å². The molecule has 1 amide bonds. The van der Waals surface area contributed by atoms with Gasteiger partial charge >= 0.3 is 0 Å². The molecule has 0 saturated heterocycles. The van der Waals surface area contributed by atoms with Gasteiger partial charge in [0.2, 0.25) is 0 Å². The Morgan fingerprint density at radius 3 is 2.39 bits per heavy atom. The number of nitrogens with one attached hydrogen (secondary N) is 1. The van der Waals surface area contributed by atoms with E-state index in [1.54, 1.807) is 31.4 Å². The van der Waals surface area contributed by atoms with E-state index in [4.69, 9.17) is 16.3 Å². The summed E-state index contributed by atoms with van der Waals surface area (Å²) in [4.78, 5) is 12.0. The zero-order chi connectivity index (χ0) is 13.0. The van der Waals surface area contributed by atoms with Crippen LogP contribution >= 0.6 is 11.6 Å². The van der Waals surface area contributed by atoms with Gasteiger partial charge in [0.05, 0.1) is 7.11 Å². The van der Waals surface area contributed by atoms with Crippen LogP contribution in [0.15, 0.2) is 24.3 Å². The highest BCUT2D eigenvalue weighted by Crippen LogP contribution is 2.23. The third-order valence-electron chi connectivity index (χ3n) is 3.34. The van der Waals surface area contributed by atoms with Crippen molar-refractivity contribution in [3.63, 3.8) is 0 Å².